The van der Waals surface area contributed by atoms with Gasteiger partial charge in [0.2, 0.25) is 5.95 Å². The molecule has 138 valence electrons. The van der Waals surface area contributed by atoms with Gasteiger partial charge >= 0.3 is 0 Å². The van der Waals surface area contributed by atoms with Crippen molar-refractivity contribution in [2.24, 2.45) is 0 Å². The molecule has 4 heterocycles. The Balaban J connectivity index is 1.40. The standard InChI is InChI=1S/C18H19N7O2/c1-13-9-16(23-27-13)22-15-10-14(11-19-12-15)17(26)24-5-7-25(8-6-24)18-20-3-2-4-21-18/h2-4,9-12H,5-8H2,1H3,(H,22,23). The van der Waals surface area contributed by atoms with Crippen molar-refractivity contribution in [2.45, 2.75) is 6.92 Å². The molecule has 0 radical (unpaired) electrons. The van der Waals surface area contributed by atoms with E-state index in [2.05, 4.69) is 30.3 Å². The maximum atomic E-state index is 12.8. The molecule has 9 heteroatoms. The Morgan fingerprint density at radius 1 is 1.11 bits per heavy atom. The van der Waals surface area contributed by atoms with Gasteiger partial charge in [0.25, 0.3) is 5.91 Å². The van der Waals surface area contributed by atoms with E-state index in [1.807, 2.05) is 11.8 Å². The number of nitrogens with zero attached hydrogens (tertiary/aromatic N) is 6. The summed E-state index contributed by atoms with van der Waals surface area (Å²) in [7, 11) is 0. The van der Waals surface area contributed by atoms with Crippen molar-refractivity contribution in [1.29, 1.82) is 0 Å². The third-order valence-electron chi connectivity index (χ3n) is 4.29. The Labute approximate surface area is 156 Å². The first-order chi connectivity index (χ1) is 13.2. The molecule has 27 heavy (non-hydrogen) atoms. The molecule has 0 atom stereocenters. The molecule has 0 saturated carbocycles. The van der Waals surface area contributed by atoms with Crippen molar-refractivity contribution in [1.82, 2.24) is 25.0 Å². The highest BCUT2D eigenvalue weighted by Gasteiger charge is 2.23. The van der Waals surface area contributed by atoms with Gasteiger partial charge in [-0.2, -0.15) is 0 Å². The van der Waals surface area contributed by atoms with E-state index in [1.54, 1.807) is 43.0 Å². The zero-order chi connectivity index (χ0) is 18.6. The number of rotatable bonds is 4. The van der Waals surface area contributed by atoms with Crippen molar-refractivity contribution in [3.05, 3.63) is 54.3 Å². The van der Waals surface area contributed by atoms with Crippen LogP contribution in [0.1, 0.15) is 16.1 Å². The molecule has 1 N–H and O–H groups in total. The van der Waals surface area contributed by atoms with Crippen LogP contribution in [0.15, 0.2) is 47.5 Å². The molecule has 0 bridgehead atoms. The van der Waals surface area contributed by atoms with Gasteiger partial charge < -0.3 is 19.6 Å². The summed E-state index contributed by atoms with van der Waals surface area (Å²) in [6, 6.07) is 5.34. The molecule has 3 aromatic rings. The van der Waals surface area contributed by atoms with E-state index in [4.69, 9.17) is 4.52 Å². The number of nitrogens with one attached hydrogen (secondary N) is 1. The molecule has 0 unspecified atom stereocenters. The number of hydrogen-bond donors (Lipinski definition) is 1. The van der Waals surface area contributed by atoms with Gasteiger partial charge in [0.1, 0.15) is 5.76 Å². The van der Waals surface area contributed by atoms with Crippen molar-refractivity contribution in [2.75, 3.05) is 36.4 Å². The maximum Gasteiger partial charge on any atom is 0.255 e. The van der Waals surface area contributed by atoms with Gasteiger partial charge in [-0.1, -0.05) is 5.16 Å². The van der Waals surface area contributed by atoms with E-state index in [0.717, 1.165) is 0 Å². The van der Waals surface area contributed by atoms with Gasteiger partial charge in [0, 0.05) is 50.8 Å². The SMILES string of the molecule is Cc1cc(Nc2cncc(C(=O)N3CCN(c4ncccn4)CC3)c2)no1. The van der Waals surface area contributed by atoms with Crippen LogP contribution in [-0.4, -0.2) is 57.1 Å². The first-order valence-corrected chi connectivity index (χ1v) is 8.66. The summed E-state index contributed by atoms with van der Waals surface area (Å²) >= 11 is 0. The number of carbonyl (C=O) groups excluding carboxylic acids is 1. The Kier molecular flexibility index (Phi) is 4.65. The summed E-state index contributed by atoms with van der Waals surface area (Å²) in [5, 5.41) is 6.97. The van der Waals surface area contributed by atoms with Gasteiger partial charge in [-0.3, -0.25) is 9.78 Å². The summed E-state index contributed by atoms with van der Waals surface area (Å²) in [6.45, 7) is 4.42. The average Bonchev–Trinajstić information content (AvgIpc) is 3.13. The van der Waals surface area contributed by atoms with Crippen LogP contribution in [0.25, 0.3) is 0 Å². The number of carbonyl (C=O) groups is 1. The molecule has 1 saturated heterocycles. The fourth-order valence-corrected chi connectivity index (χ4v) is 2.95. The summed E-state index contributed by atoms with van der Waals surface area (Å²) in [5.41, 5.74) is 1.22. The van der Waals surface area contributed by atoms with E-state index in [9.17, 15) is 4.79 Å². The normalized spacial score (nSPS) is 14.3. The second-order valence-electron chi connectivity index (χ2n) is 6.24. The second-order valence-corrected chi connectivity index (χ2v) is 6.24. The van der Waals surface area contributed by atoms with E-state index in [1.165, 1.54) is 0 Å². The van der Waals surface area contributed by atoms with Crippen LogP contribution in [0.3, 0.4) is 0 Å². The molecule has 0 spiro atoms. The number of pyridine rings is 1. The Morgan fingerprint density at radius 3 is 2.59 bits per heavy atom. The predicted octanol–water partition coefficient (Wildman–Crippen LogP) is 1.87. The molecule has 1 amide bonds. The summed E-state index contributed by atoms with van der Waals surface area (Å²) < 4.78 is 5.03. The molecule has 3 aromatic heterocycles. The maximum absolute atomic E-state index is 12.8. The molecule has 1 aliphatic rings. The summed E-state index contributed by atoms with van der Waals surface area (Å²) in [6.07, 6.45) is 6.67. The van der Waals surface area contributed by atoms with Gasteiger partial charge in [-0.15, -0.1) is 0 Å². The van der Waals surface area contributed by atoms with E-state index in [0.29, 0.717) is 55.0 Å². The minimum Gasteiger partial charge on any atom is -0.360 e. The Morgan fingerprint density at radius 2 is 1.89 bits per heavy atom. The highest BCUT2D eigenvalue weighted by Crippen LogP contribution is 2.18. The zero-order valence-corrected chi connectivity index (χ0v) is 14.9. The molecule has 1 fully saturated rings. The van der Waals surface area contributed by atoms with Gasteiger partial charge in [-0.25, -0.2) is 9.97 Å². The Hall–Kier alpha value is -3.49. The minimum absolute atomic E-state index is 0.0453. The lowest BCUT2D eigenvalue weighted by molar-refractivity contribution is 0.0746. The van der Waals surface area contributed by atoms with Crippen molar-refractivity contribution in [3.8, 4) is 0 Å². The first kappa shape index (κ1) is 17.0. The first-order valence-electron chi connectivity index (χ1n) is 8.66. The number of amides is 1. The third kappa shape index (κ3) is 3.86. The highest BCUT2D eigenvalue weighted by molar-refractivity contribution is 5.95. The van der Waals surface area contributed by atoms with Crippen LogP contribution in [0.5, 0.6) is 0 Å². The van der Waals surface area contributed by atoms with Crippen LogP contribution in [0, 0.1) is 6.92 Å². The van der Waals surface area contributed by atoms with Crippen LogP contribution in [0.2, 0.25) is 0 Å². The summed E-state index contributed by atoms with van der Waals surface area (Å²) in [4.78, 5) is 29.4. The minimum atomic E-state index is -0.0453. The molecule has 9 nitrogen and oxygen atoms in total. The van der Waals surface area contributed by atoms with Gasteiger partial charge in [0.05, 0.1) is 17.4 Å². The second kappa shape index (κ2) is 7.40. The topological polar surface area (TPSA) is 100 Å². The molecular formula is C18H19N7O2. The van der Waals surface area contributed by atoms with Crippen molar-refractivity contribution >= 4 is 23.4 Å². The number of hydrogen-bond acceptors (Lipinski definition) is 8. The lowest BCUT2D eigenvalue weighted by Crippen LogP contribution is -2.49. The van der Waals surface area contributed by atoms with E-state index in [-0.39, 0.29) is 5.91 Å². The monoisotopic (exact) mass is 365 g/mol. The molecule has 4 rings (SSSR count). The number of anilines is 3. The van der Waals surface area contributed by atoms with Crippen LogP contribution in [0.4, 0.5) is 17.5 Å². The molecule has 0 aliphatic carbocycles. The number of aromatic nitrogens is 4. The van der Waals surface area contributed by atoms with Crippen LogP contribution >= 0.6 is 0 Å². The smallest absolute Gasteiger partial charge is 0.255 e. The lowest BCUT2D eigenvalue weighted by Gasteiger charge is -2.34. The van der Waals surface area contributed by atoms with E-state index >= 15 is 0 Å². The fourth-order valence-electron chi connectivity index (χ4n) is 2.95. The quantitative estimate of drug-likeness (QED) is 0.748. The lowest BCUT2D eigenvalue weighted by atomic mass is 10.2. The number of aryl methyl sites for hydroxylation is 1. The summed E-state index contributed by atoms with van der Waals surface area (Å²) in [5.74, 6) is 1.94. The van der Waals surface area contributed by atoms with Crippen molar-refractivity contribution < 1.29 is 9.32 Å². The Bertz CT molecular complexity index is 920. The van der Waals surface area contributed by atoms with Gasteiger partial charge in [-0.05, 0) is 19.1 Å². The molecular weight excluding hydrogens is 346 g/mol. The predicted molar refractivity (Wildman–Crippen MR) is 98.9 cm³/mol. The molecule has 1 aliphatic heterocycles. The average molecular weight is 365 g/mol. The van der Waals surface area contributed by atoms with Crippen molar-refractivity contribution in [3.63, 3.8) is 0 Å². The molecule has 0 aromatic carbocycles. The fraction of sp³-hybridized carbons (Fsp3) is 0.278. The highest BCUT2D eigenvalue weighted by atomic mass is 16.5. The van der Waals surface area contributed by atoms with Crippen LogP contribution in [-0.2, 0) is 0 Å². The number of piperazine rings is 1. The largest absolute Gasteiger partial charge is 0.360 e. The van der Waals surface area contributed by atoms with Crippen LogP contribution < -0.4 is 10.2 Å². The zero-order valence-electron chi connectivity index (χ0n) is 14.9. The third-order valence-corrected chi connectivity index (χ3v) is 4.29. The van der Waals surface area contributed by atoms with E-state index < -0.39 is 0 Å². The van der Waals surface area contributed by atoms with Gasteiger partial charge in [0.15, 0.2) is 5.82 Å².